The van der Waals surface area contributed by atoms with E-state index in [-0.39, 0.29) is 6.04 Å². The Bertz CT molecular complexity index is 558. The predicted molar refractivity (Wildman–Crippen MR) is 75.7 cm³/mol. The smallest absolute Gasteiger partial charge is 0.0480 e. The molecule has 0 spiro atoms. The second-order valence-corrected chi connectivity index (χ2v) is 5.53. The highest BCUT2D eigenvalue weighted by atomic mass is 15.1. The van der Waals surface area contributed by atoms with Gasteiger partial charge in [-0.3, -0.25) is 0 Å². The minimum absolute atomic E-state index is 0.284. The molecular formula is C15H21N3. The first-order chi connectivity index (χ1) is 8.66. The van der Waals surface area contributed by atoms with Gasteiger partial charge in [0.05, 0.1) is 0 Å². The normalized spacial score (nSPS) is 25.7. The van der Waals surface area contributed by atoms with Crippen molar-refractivity contribution in [2.75, 3.05) is 20.1 Å². The molecule has 2 aromatic rings. The van der Waals surface area contributed by atoms with Gasteiger partial charge in [0, 0.05) is 42.7 Å². The molecule has 0 bridgehead atoms. The van der Waals surface area contributed by atoms with Crippen LogP contribution >= 0.6 is 0 Å². The van der Waals surface area contributed by atoms with Crippen LogP contribution in [0, 0.1) is 0 Å². The molecule has 0 saturated carbocycles. The summed E-state index contributed by atoms with van der Waals surface area (Å²) in [7, 11) is 4.30. The van der Waals surface area contributed by atoms with Crippen molar-refractivity contribution in [3.05, 3.63) is 36.0 Å². The van der Waals surface area contributed by atoms with Gasteiger partial charge in [-0.25, -0.2) is 0 Å². The van der Waals surface area contributed by atoms with Crippen LogP contribution in [-0.4, -0.2) is 35.6 Å². The van der Waals surface area contributed by atoms with E-state index in [0.29, 0.717) is 5.92 Å². The number of fused-ring (bicyclic) bond motifs is 1. The van der Waals surface area contributed by atoms with Crippen molar-refractivity contribution in [1.82, 2.24) is 9.47 Å². The molecule has 1 saturated heterocycles. The lowest BCUT2D eigenvalue weighted by atomic mass is 9.86. The van der Waals surface area contributed by atoms with Gasteiger partial charge in [-0.2, -0.15) is 0 Å². The van der Waals surface area contributed by atoms with Crippen LogP contribution in [0.15, 0.2) is 30.5 Å². The molecule has 1 aromatic heterocycles. The molecule has 2 N–H and O–H groups in total. The van der Waals surface area contributed by atoms with Crippen molar-refractivity contribution in [3.63, 3.8) is 0 Å². The molecule has 0 amide bonds. The van der Waals surface area contributed by atoms with Crippen molar-refractivity contribution < 1.29 is 0 Å². The Morgan fingerprint density at radius 2 is 2.00 bits per heavy atom. The number of piperidine rings is 1. The number of nitrogens with zero attached hydrogens (tertiary/aromatic N) is 2. The molecule has 0 radical (unpaired) electrons. The summed E-state index contributed by atoms with van der Waals surface area (Å²) < 4.78 is 2.21. The number of nitrogens with two attached hydrogens (primary N) is 1. The maximum atomic E-state index is 6.34. The highest BCUT2D eigenvalue weighted by Gasteiger charge is 2.28. The van der Waals surface area contributed by atoms with Gasteiger partial charge in [0.25, 0.3) is 0 Å². The lowest BCUT2D eigenvalue weighted by Crippen LogP contribution is -2.43. The molecule has 1 fully saturated rings. The van der Waals surface area contributed by atoms with E-state index in [1.54, 1.807) is 0 Å². The predicted octanol–water partition coefficient (Wildman–Crippen LogP) is 1.92. The Balaban J connectivity index is 2.08. The highest BCUT2D eigenvalue weighted by Crippen LogP contribution is 2.32. The van der Waals surface area contributed by atoms with Crippen molar-refractivity contribution in [1.29, 1.82) is 0 Å². The van der Waals surface area contributed by atoms with Crippen LogP contribution in [0.3, 0.4) is 0 Å². The van der Waals surface area contributed by atoms with Crippen LogP contribution in [0.4, 0.5) is 0 Å². The summed E-state index contributed by atoms with van der Waals surface area (Å²) in [5.41, 5.74) is 9.05. The third-order valence-electron chi connectivity index (χ3n) is 4.20. The minimum Gasteiger partial charge on any atom is -0.350 e. The quantitative estimate of drug-likeness (QED) is 0.830. The maximum Gasteiger partial charge on any atom is 0.0480 e. The Hall–Kier alpha value is -1.32. The molecule has 18 heavy (non-hydrogen) atoms. The first-order valence-corrected chi connectivity index (χ1v) is 6.65. The van der Waals surface area contributed by atoms with Crippen molar-refractivity contribution >= 4 is 10.9 Å². The zero-order chi connectivity index (χ0) is 12.7. The molecular weight excluding hydrogens is 222 g/mol. The van der Waals surface area contributed by atoms with E-state index in [1.807, 2.05) is 0 Å². The highest BCUT2D eigenvalue weighted by molar-refractivity contribution is 5.84. The van der Waals surface area contributed by atoms with Crippen LogP contribution in [-0.2, 0) is 7.05 Å². The number of para-hydroxylation sites is 1. The number of hydrogen-bond acceptors (Lipinski definition) is 2. The van der Waals surface area contributed by atoms with Gasteiger partial charge < -0.3 is 15.2 Å². The minimum atomic E-state index is 0.284. The fourth-order valence-electron chi connectivity index (χ4n) is 3.13. The summed E-state index contributed by atoms with van der Waals surface area (Å²) in [6, 6.07) is 8.89. The van der Waals surface area contributed by atoms with Gasteiger partial charge in [0.15, 0.2) is 0 Å². The zero-order valence-electron chi connectivity index (χ0n) is 11.1. The van der Waals surface area contributed by atoms with E-state index in [0.717, 1.165) is 19.5 Å². The first kappa shape index (κ1) is 11.8. The summed E-state index contributed by atoms with van der Waals surface area (Å²) in [5.74, 6) is 0.454. The topological polar surface area (TPSA) is 34.2 Å². The van der Waals surface area contributed by atoms with Gasteiger partial charge in [0.1, 0.15) is 0 Å². The fourth-order valence-corrected chi connectivity index (χ4v) is 3.13. The van der Waals surface area contributed by atoms with Crippen LogP contribution in [0.2, 0.25) is 0 Å². The first-order valence-electron chi connectivity index (χ1n) is 6.65. The van der Waals surface area contributed by atoms with Gasteiger partial charge in [-0.15, -0.1) is 0 Å². The van der Waals surface area contributed by atoms with Crippen molar-refractivity contribution in [3.8, 4) is 0 Å². The second-order valence-electron chi connectivity index (χ2n) is 5.53. The van der Waals surface area contributed by atoms with Crippen LogP contribution < -0.4 is 5.73 Å². The maximum absolute atomic E-state index is 6.34. The second kappa shape index (κ2) is 4.41. The summed E-state index contributed by atoms with van der Waals surface area (Å²) in [6.07, 6.45) is 3.35. The van der Waals surface area contributed by atoms with Crippen molar-refractivity contribution in [2.45, 2.75) is 18.4 Å². The lowest BCUT2D eigenvalue weighted by molar-refractivity contribution is 0.229. The van der Waals surface area contributed by atoms with Gasteiger partial charge in [-0.05, 0) is 31.6 Å². The van der Waals surface area contributed by atoms with Gasteiger partial charge in [-0.1, -0.05) is 18.2 Å². The molecule has 0 aliphatic carbocycles. The Labute approximate surface area is 108 Å². The number of benzene rings is 1. The molecule has 1 aromatic carbocycles. The standard InChI is InChI=1S/C15H21N3/c1-17-8-7-14(16)13(9-17)12-10-18(2)15-6-4-3-5-11(12)15/h3-6,10,13-14H,7-9,16H2,1-2H3. The molecule has 2 heterocycles. The molecule has 1 aliphatic heterocycles. The number of likely N-dealkylation sites (tertiary alicyclic amines) is 1. The fraction of sp³-hybridized carbons (Fsp3) is 0.467. The molecule has 1 aliphatic rings. The van der Waals surface area contributed by atoms with Gasteiger partial charge >= 0.3 is 0 Å². The molecule has 3 nitrogen and oxygen atoms in total. The molecule has 96 valence electrons. The number of likely N-dealkylation sites (N-methyl/N-ethyl adjacent to an activating group) is 1. The monoisotopic (exact) mass is 243 g/mol. The number of aromatic nitrogens is 1. The van der Waals surface area contributed by atoms with E-state index < -0.39 is 0 Å². The van der Waals surface area contributed by atoms with E-state index in [1.165, 1.54) is 16.5 Å². The Morgan fingerprint density at radius 1 is 1.22 bits per heavy atom. The van der Waals surface area contributed by atoms with E-state index in [4.69, 9.17) is 5.73 Å². The van der Waals surface area contributed by atoms with E-state index in [9.17, 15) is 0 Å². The molecule has 3 heteroatoms. The zero-order valence-corrected chi connectivity index (χ0v) is 11.1. The Kier molecular flexibility index (Phi) is 2.88. The summed E-state index contributed by atoms with van der Waals surface area (Å²) in [4.78, 5) is 2.38. The van der Waals surface area contributed by atoms with Crippen molar-refractivity contribution in [2.24, 2.45) is 12.8 Å². The van der Waals surface area contributed by atoms with Crippen LogP contribution in [0.25, 0.3) is 10.9 Å². The number of aryl methyl sites for hydroxylation is 1. The average molecular weight is 243 g/mol. The summed E-state index contributed by atoms with van der Waals surface area (Å²) in [5, 5.41) is 1.36. The van der Waals surface area contributed by atoms with Gasteiger partial charge in [0.2, 0.25) is 0 Å². The summed E-state index contributed by atoms with van der Waals surface area (Å²) >= 11 is 0. The lowest BCUT2D eigenvalue weighted by Gasteiger charge is -2.34. The molecule has 2 unspecified atom stereocenters. The third kappa shape index (κ3) is 1.84. The van der Waals surface area contributed by atoms with E-state index >= 15 is 0 Å². The largest absolute Gasteiger partial charge is 0.350 e. The van der Waals surface area contributed by atoms with Crippen LogP contribution in [0.5, 0.6) is 0 Å². The van der Waals surface area contributed by atoms with E-state index in [2.05, 4.69) is 54.0 Å². The average Bonchev–Trinajstić information content (AvgIpc) is 2.71. The number of hydrogen-bond donors (Lipinski definition) is 1. The van der Waals surface area contributed by atoms with Crippen LogP contribution in [0.1, 0.15) is 17.9 Å². The number of rotatable bonds is 1. The molecule has 2 atom stereocenters. The third-order valence-corrected chi connectivity index (χ3v) is 4.20. The Morgan fingerprint density at radius 3 is 2.83 bits per heavy atom. The summed E-state index contributed by atoms with van der Waals surface area (Å²) in [6.45, 7) is 2.18. The molecule has 3 rings (SSSR count). The SMILES string of the molecule is CN1CCC(N)C(c2cn(C)c3ccccc23)C1.